The quantitative estimate of drug-likeness (QED) is 0.0222. The zero-order chi connectivity index (χ0) is 74.2. The maximum atomic E-state index is 13.1. The molecule has 17 nitrogen and oxygen atoms in total. The number of aliphatic hydroxyl groups excluding tert-OH is 1. The molecule has 0 bridgehead atoms. The van der Waals surface area contributed by atoms with E-state index in [1.165, 1.54) is 250 Å². The fourth-order valence-electron chi connectivity index (χ4n) is 12.7. The van der Waals surface area contributed by atoms with Gasteiger partial charge >= 0.3 is 39.5 Å². The average molecular weight is 1480 g/mol. The van der Waals surface area contributed by atoms with Crippen molar-refractivity contribution in [2.45, 2.75) is 452 Å². The Kier molecular flexibility index (Phi) is 72.2. The van der Waals surface area contributed by atoms with Gasteiger partial charge in [0.15, 0.2) is 12.2 Å². The van der Waals surface area contributed by atoms with E-state index in [4.69, 9.17) is 37.0 Å². The van der Waals surface area contributed by atoms with Crippen LogP contribution in [0.1, 0.15) is 433 Å². The molecule has 0 rings (SSSR count). The molecule has 0 aliphatic rings. The molecule has 0 aromatic rings. The Morgan fingerprint density at radius 1 is 0.267 bits per heavy atom. The molecule has 0 heterocycles. The molecule has 0 aliphatic heterocycles. The number of rotatable bonds is 81. The zero-order valence-corrected chi connectivity index (χ0v) is 68.0. The second kappa shape index (κ2) is 73.6. The second-order valence-electron chi connectivity index (χ2n) is 30.5. The van der Waals surface area contributed by atoms with Crippen molar-refractivity contribution in [3.8, 4) is 0 Å². The molecule has 600 valence electrons. The summed E-state index contributed by atoms with van der Waals surface area (Å²) in [4.78, 5) is 73.0. The smallest absolute Gasteiger partial charge is 0.462 e. The molecular weight excluding hydrogens is 1320 g/mol. The number of esters is 4. The van der Waals surface area contributed by atoms with Crippen LogP contribution in [-0.4, -0.2) is 96.7 Å². The average Bonchev–Trinajstić information content (AvgIpc) is 0.969. The molecule has 0 amide bonds. The molecule has 19 heteroatoms. The Bertz CT molecular complexity index is 1940. The fraction of sp³-hybridized carbons (Fsp3) is 0.951. The summed E-state index contributed by atoms with van der Waals surface area (Å²) in [5.41, 5.74) is 0. The van der Waals surface area contributed by atoms with Crippen LogP contribution in [0.3, 0.4) is 0 Å². The van der Waals surface area contributed by atoms with Crippen molar-refractivity contribution < 1.29 is 80.2 Å². The molecular formula is C82H160O17P2. The SMILES string of the molecule is CCCCCCCCCCCCCCCCCCCCCCC(=O)O[C@H](COC(=O)CCCCCCCCCCCCCCCCCCCCC)COP(=O)(O)OC[C@@H](O)COP(=O)(O)OC[C@@H](COC(=O)CCCCCCCCCCC(C)C)OC(=O)CCCCCCCCCCC(C)C. The van der Waals surface area contributed by atoms with Gasteiger partial charge in [-0.3, -0.25) is 37.3 Å². The van der Waals surface area contributed by atoms with Gasteiger partial charge in [0.25, 0.3) is 0 Å². The Hall–Kier alpha value is -1.94. The van der Waals surface area contributed by atoms with Crippen molar-refractivity contribution in [3.63, 3.8) is 0 Å². The summed E-state index contributed by atoms with van der Waals surface area (Å²) in [6.45, 7) is 9.56. The van der Waals surface area contributed by atoms with Crippen LogP contribution in [-0.2, 0) is 65.4 Å². The first-order valence-electron chi connectivity index (χ1n) is 42.5. The molecule has 0 saturated carbocycles. The van der Waals surface area contributed by atoms with Gasteiger partial charge in [0.2, 0.25) is 0 Å². The van der Waals surface area contributed by atoms with Crippen molar-refractivity contribution in [1.82, 2.24) is 0 Å². The fourth-order valence-corrected chi connectivity index (χ4v) is 14.3. The number of hydrogen-bond donors (Lipinski definition) is 3. The van der Waals surface area contributed by atoms with Crippen molar-refractivity contribution in [3.05, 3.63) is 0 Å². The number of hydrogen-bond acceptors (Lipinski definition) is 15. The van der Waals surface area contributed by atoms with Crippen LogP contribution in [0.25, 0.3) is 0 Å². The number of phosphoric ester groups is 2. The molecule has 5 atom stereocenters. The Balaban J connectivity index is 5.21. The first-order valence-corrected chi connectivity index (χ1v) is 45.5. The minimum absolute atomic E-state index is 0.104. The predicted octanol–water partition coefficient (Wildman–Crippen LogP) is 24.7. The number of aliphatic hydroxyl groups is 1. The number of carbonyl (C=O) groups is 4. The van der Waals surface area contributed by atoms with Gasteiger partial charge in [-0.15, -0.1) is 0 Å². The highest BCUT2D eigenvalue weighted by Gasteiger charge is 2.30. The lowest BCUT2D eigenvalue weighted by Gasteiger charge is -2.21. The standard InChI is InChI=1S/C82H160O17P2/c1-7-9-11-13-15-17-19-21-23-25-27-29-31-33-35-37-39-48-54-60-66-81(86)98-77(70-92-79(84)64-58-52-46-38-36-34-32-30-28-26-24-22-20-18-16-14-12-10-8-2)72-96-100(88,89)94-68-76(83)69-95-101(90,91)97-73-78(99-82(87)67-61-55-49-43-41-45-51-57-63-75(5)6)71-93-80(85)65-59-53-47-42-40-44-50-56-62-74(3)4/h74-78,83H,7-73H2,1-6H3,(H,88,89)(H,90,91)/t76-,77-,78-/m1/s1. The minimum atomic E-state index is -4.96. The van der Waals surface area contributed by atoms with E-state index in [0.29, 0.717) is 25.7 Å². The lowest BCUT2D eigenvalue weighted by atomic mass is 10.0. The molecule has 0 saturated heterocycles. The van der Waals surface area contributed by atoms with E-state index in [2.05, 4.69) is 41.5 Å². The van der Waals surface area contributed by atoms with E-state index >= 15 is 0 Å². The van der Waals surface area contributed by atoms with Gasteiger partial charge in [0.1, 0.15) is 19.3 Å². The monoisotopic (exact) mass is 1480 g/mol. The largest absolute Gasteiger partial charge is 0.472 e. The van der Waals surface area contributed by atoms with E-state index in [0.717, 1.165) is 102 Å². The van der Waals surface area contributed by atoms with Crippen LogP contribution in [0.15, 0.2) is 0 Å². The summed E-state index contributed by atoms with van der Waals surface area (Å²) in [5, 5.41) is 10.6. The van der Waals surface area contributed by atoms with E-state index < -0.39 is 97.5 Å². The number of phosphoric acid groups is 2. The lowest BCUT2D eigenvalue weighted by Crippen LogP contribution is -2.30. The third-order valence-corrected chi connectivity index (χ3v) is 21.1. The van der Waals surface area contributed by atoms with Crippen molar-refractivity contribution in [2.24, 2.45) is 11.8 Å². The van der Waals surface area contributed by atoms with Gasteiger partial charge < -0.3 is 33.8 Å². The molecule has 0 radical (unpaired) electrons. The molecule has 3 N–H and O–H groups in total. The second-order valence-corrected chi connectivity index (χ2v) is 33.4. The summed E-state index contributed by atoms with van der Waals surface area (Å²) < 4.78 is 68.7. The third-order valence-electron chi connectivity index (χ3n) is 19.2. The minimum Gasteiger partial charge on any atom is -0.462 e. The summed E-state index contributed by atoms with van der Waals surface area (Å²) in [7, 11) is -9.92. The molecule has 0 spiro atoms. The summed E-state index contributed by atoms with van der Waals surface area (Å²) in [6, 6.07) is 0. The maximum absolute atomic E-state index is 13.1. The van der Waals surface area contributed by atoms with E-state index in [-0.39, 0.29) is 25.7 Å². The van der Waals surface area contributed by atoms with Crippen LogP contribution in [0, 0.1) is 11.8 Å². The molecule has 0 fully saturated rings. The van der Waals surface area contributed by atoms with Crippen LogP contribution in [0.4, 0.5) is 0 Å². The van der Waals surface area contributed by atoms with Gasteiger partial charge in [0.05, 0.1) is 26.4 Å². The van der Waals surface area contributed by atoms with Crippen LogP contribution in [0.2, 0.25) is 0 Å². The van der Waals surface area contributed by atoms with Gasteiger partial charge in [-0.25, -0.2) is 9.13 Å². The van der Waals surface area contributed by atoms with E-state index in [1.807, 2.05) is 0 Å². The predicted molar refractivity (Wildman–Crippen MR) is 414 cm³/mol. The van der Waals surface area contributed by atoms with Gasteiger partial charge in [-0.05, 0) is 37.5 Å². The zero-order valence-electron chi connectivity index (χ0n) is 66.2. The Morgan fingerprint density at radius 3 is 0.673 bits per heavy atom. The molecule has 0 aromatic heterocycles. The van der Waals surface area contributed by atoms with E-state index in [1.54, 1.807) is 0 Å². The van der Waals surface area contributed by atoms with Gasteiger partial charge in [-0.2, -0.15) is 0 Å². The maximum Gasteiger partial charge on any atom is 0.472 e. The highest BCUT2D eigenvalue weighted by atomic mass is 31.2. The first kappa shape index (κ1) is 99.1. The Labute approximate surface area is 619 Å². The summed E-state index contributed by atoms with van der Waals surface area (Å²) >= 11 is 0. The molecule has 101 heavy (non-hydrogen) atoms. The topological polar surface area (TPSA) is 237 Å². The normalized spacial score (nSPS) is 13.9. The number of carbonyl (C=O) groups excluding carboxylic acids is 4. The van der Waals surface area contributed by atoms with E-state index in [9.17, 15) is 43.2 Å². The number of unbranched alkanes of at least 4 members (excludes halogenated alkanes) is 51. The first-order chi connectivity index (χ1) is 48.9. The molecule has 0 aromatic carbocycles. The summed E-state index contributed by atoms with van der Waals surface area (Å²) in [6.07, 6.45) is 64.1. The van der Waals surface area contributed by atoms with Crippen LogP contribution < -0.4 is 0 Å². The molecule has 2 unspecified atom stereocenters. The number of ether oxygens (including phenoxy) is 4. The highest BCUT2D eigenvalue weighted by Crippen LogP contribution is 2.45. The third kappa shape index (κ3) is 76.1. The highest BCUT2D eigenvalue weighted by molar-refractivity contribution is 7.47. The van der Waals surface area contributed by atoms with Crippen molar-refractivity contribution >= 4 is 39.5 Å². The summed E-state index contributed by atoms with van der Waals surface area (Å²) in [5.74, 6) is -0.667. The van der Waals surface area contributed by atoms with Crippen LogP contribution >= 0.6 is 15.6 Å². The van der Waals surface area contributed by atoms with Gasteiger partial charge in [-0.1, -0.05) is 382 Å². The van der Waals surface area contributed by atoms with Gasteiger partial charge in [0, 0.05) is 25.7 Å². The van der Waals surface area contributed by atoms with Crippen molar-refractivity contribution in [1.29, 1.82) is 0 Å². The lowest BCUT2D eigenvalue weighted by molar-refractivity contribution is -0.161. The molecule has 0 aliphatic carbocycles. The Morgan fingerprint density at radius 2 is 0.455 bits per heavy atom. The van der Waals surface area contributed by atoms with Crippen molar-refractivity contribution in [2.75, 3.05) is 39.6 Å². The van der Waals surface area contributed by atoms with Crippen LogP contribution in [0.5, 0.6) is 0 Å².